The first-order chi connectivity index (χ1) is 17.7. The zero-order valence-corrected chi connectivity index (χ0v) is 25.2. The van der Waals surface area contributed by atoms with Gasteiger partial charge in [-0.1, -0.05) is 102 Å². The van der Waals surface area contributed by atoms with Crippen molar-refractivity contribution in [3.05, 3.63) is 71.8 Å². The maximum Gasteiger partial charge on any atom is 0.174 e. The molecule has 7 heteroatoms. The standard InChI is InChI=1S/C31H46Cl2N2O3/c1-28(2,3)30(34-21-25(36)19-32,17-23-13-9-7-10-14-23)27(38)31(29(4,5)6,35-22-26(37)20-33)18-24-15-11-8-12-16-24/h7-16,25-26,34-37H,17-22H2,1-6H3/t25-,26-,30+,31+/m0/s1. The second-order valence-electron chi connectivity index (χ2n) is 12.3. The van der Waals surface area contributed by atoms with Crippen LogP contribution in [0.5, 0.6) is 0 Å². The van der Waals surface area contributed by atoms with E-state index in [0.29, 0.717) is 12.8 Å². The van der Waals surface area contributed by atoms with Crippen LogP contribution in [0.25, 0.3) is 0 Å². The van der Waals surface area contributed by atoms with Crippen molar-refractivity contribution in [3.63, 3.8) is 0 Å². The van der Waals surface area contributed by atoms with Crippen LogP contribution in [-0.4, -0.2) is 64.1 Å². The van der Waals surface area contributed by atoms with E-state index in [1.807, 2.05) is 60.7 Å². The van der Waals surface area contributed by atoms with Crippen molar-refractivity contribution in [1.82, 2.24) is 10.6 Å². The number of aliphatic hydroxyl groups is 2. The predicted molar refractivity (Wildman–Crippen MR) is 159 cm³/mol. The summed E-state index contributed by atoms with van der Waals surface area (Å²) in [7, 11) is 0. The molecule has 0 aliphatic heterocycles. The fourth-order valence-electron chi connectivity index (χ4n) is 5.05. The number of carbonyl (C=O) groups excluding carboxylic acids is 1. The summed E-state index contributed by atoms with van der Waals surface area (Å²) in [5.41, 5.74) is -1.30. The van der Waals surface area contributed by atoms with Crippen molar-refractivity contribution in [2.75, 3.05) is 24.8 Å². The summed E-state index contributed by atoms with van der Waals surface area (Å²) in [6, 6.07) is 19.9. The van der Waals surface area contributed by atoms with Crippen LogP contribution in [0.4, 0.5) is 0 Å². The number of carbonyl (C=O) groups is 1. The minimum Gasteiger partial charge on any atom is -0.391 e. The maximum atomic E-state index is 15.4. The average molecular weight is 566 g/mol. The van der Waals surface area contributed by atoms with Gasteiger partial charge >= 0.3 is 0 Å². The molecule has 2 aromatic carbocycles. The first-order valence-corrected chi connectivity index (χ1v) is 14.4. The van der Waals surface area contributed by atoms with Crippen LogP contribution < -0.4 is 10.6 Å². The minimum absolute atomic E-state index is 0.0266. The van der Waals surface area contributed by atoms with E-state index in [4.69, 9.17) is 23.2 Å². The molecule has 212 valence electrons. The summed E-state index contributed by atoms with van der Waals surface area (Å²) in [4.78, 5) is 15.4. The smallest absolute Gasteiger partial charge is 0.174 e. The highest BCUT2D eigenvalue weighted by molar-refractivity contribution is 6.18. The topological polar surface area (TPSA) is 81.6 Å². The number of β-amino-alcohol motifs (C(OH)–C–C–N with tert-alkyl or cyclic N) is 2. The second kappa shape index (κ2) is 13.7. The third kappa shape index (κ3) is 7.80. The molecule has 0 saturated heterocycles. The summed E-state index contributed by atoms with van der Waals surface area (Å²) in [6.45, 7) is 12.6. The lowest BCUT2D eigenvalue weighted by atomic mass is 9.57. The third-order valence-corrected chi connectivity index (χ3v) is 8.31. The molecule has 0 amide bonds. The summed E-state index contributed by atoms with van der Waals surface area (Å²) in [5, 5.41) is 28.0. The molecule has 0 aliphatic carbocycles. The zero-order chi connectivity index (χ0) is 28.6. The fraction of sp³-hybridized carbons (Fsp3) is 0.581. The van der Waals surface area contributed by atoms with Gasteiger partial charge in [0.05, 0.1) is 23.3 Å². The number of ketones is 1. The molecule has 0 spiro atoms. The Morgan fingerprint density at radius 1 is 0.684 bits per heavy atom. The van der Waals surface area contributed by atoms with E-state index in [2.05, 4.69) is 52.2 Å². The number of hydrogen-bond donors (Lipinski definition) is 4. The van der Waals surface area contributed by atoms with Gasteiger partial charge in [0.2, 0.25) is 0 Å². The Bertz CT molecular complexity index is 912. The third-order valence-electron chi connectivity index (χ3n) is 7.60. The number of hydrogen-bond acceptors (Lipinski definition) is 5. The Balaban J connectivity index is 2.81. The number of halogens is 2. The number of Topliss-reactive ketones (excluding diaryl/α,β-unsaturated/α-hetero) is 1. The van der Waals surface area contributed by atoms with E-state index < -0.39 is 34.1 Å². The van der Waals surface area contributed by atoms with Crippen LogP contribution >= 0.6 is 23.2 Å². The lowest BCUT2D eigenvalue weighted by Crippen LogP contribution is -2.75. The van der Waals surface area contributed by atoms with Gasteiger partial charge in [0.15, 0.2) is 5.78 Å². The van der Waals surface area contributed by atoms with Crippen LogP contribution in [0.2, 0.25) is 0 Å². The summed E-state index contributed by atoms with van der Waals surface area (Å²) < 4.78 is 0. The fourth-order valence-corrected chi connectivity index (χ4v) is 5.27. The normalized spacial score (nSPS) is 17.3. The Hall–Kier alpha value is -1.47. The number of alkyl halides is 2. The molecule has 0 heterocycles. The van der Waals surface area contributed by atoms with E-state index in [0.717, 1.165) is 11.1 Å². The van der Waals surface area contributed by atoms with Crippen molar-refractivity contribution in [2.45, 2.75) is 77.7 Å². The highest BCUT2D eigenvalue weighted by Crippen LogP contribution is 2.44. The van der Waals surface area contributed by atoms with E-state index in [1.165, 1.54) is 0 Å². The summed E-state index contributed by atoms with van der Waals surface area (Å²) in [5.74, 6) is 0.0872. The molecule has 2 aromatic rings. The minimum atomic E-state index is -1.09. The van der Waals surface area contributed by atoms with Crippen molar-refractivity contribution < 1.29 is 15.0 Å². The van der Waals surface area contributed by atoms with Crippen LogP contribution in [0.1, 0.15) is 52.7 Å². The molecule has 0 fully saturated rings. The van der Waals surface area contributed by atoms with Gasteiger partial charge < -0.3 is 20.8 Å². The molecule has 0 aromatic heterocycles. The lowest BCUT2D eigenvalue weighted by Gasteiger charge is -2.54. The Morgan fingerprint density at radius 2 is 1.00 bits per heavy atom. The van der Waals surface area contributed by atoms with Crippen molar-refractivity contribution in [3.8, 4) is 0 Å². The largest absolute Gasteiger partial charge is 0.391 e. The molecular weight excluding hydrogens is 519 g/mol. The average Bonchev–Trinajstić information content (AvgIpc) is 2.87. The van der Waals surface area contributed by atoms with E-state index >= 15 is 4.79 Å². The molecule has 4 atom stereocenters. The number of nitrogens with one attached hydrogen (secondary N) is 2. The highest BCUT2D eigenvalue weighted by Gasteiger charge is 2.59. The van der Waals surface area contributed by atoms with Gasteiger partial charge in [-0.2, -0.15) is 0 Å². The summed E-state index contributed by atoms with van der Waals surface area (Å²) >= 11 is 12.0. The van der Waals surface area contributed by atoms with Gasteiger partial charge in [-0.3, -0.25) is 4.79 Å². The molecular formula is C31H46Cl2N2O3. The van der Waals surface area contributed by atoms with Crippen molar-refractivity contribution >= 4 is 29.0 Å². The molecule has 0 saturated carbocycles. The maximum absolute atomic E-state index is 15.4. The predicted octanol–water partition coefficient (Wildman–Crippen LogP) is 4.99. The van der Waals surface area contributed by atoms with Gasteiger partial charge in [0.1, 0.15) is 0 Å². The molecule has 4 N–H and O–H groups in total. The molecule has 0 radical (unpaired) electrons. The van der Waals surface area contributed by atoms with Gasteiger partial charge in [-0.05, 0) is 34.8 Å². The van der Waals surface area contributed by atoms with Gasteiger partial charge in [-0.15, -0.1) is 23.2 Å². The van der Waals surface area contributed by atoms with E-state index in [-0.39, 0.29) is 30.6 Å². The number of rotatable bonds is 14. The Kier molecular flexibility index (Phi) is 11.8. The van der Waals surface area contributed by atoms with Gasteiger partial charge in [0.25, 0.3) is 0 Å². The van der Waals surface area contributed by atoms with Crippen LogP contribution in [-0.2, 0) is 17.6 Å². The zero-order valence-electron chi connectivity index (χ0n) is 23.7. The SMILES string of the molecule is CC(C)(C)[C@](Cc1ccccc1)(NC[C@@H](O)CCl)C(=O)[C@@](Cc1ccccc1)(NC[C@@H](O)CCl)C(C)(C)C. The van der Waals surface area contributed by atoms with E-state index in [1.54, 1.807) is 0 Å². The Labute approximate surface area is 239 Å². The number of benzene rings is 2. The summed E-state index contributed by atoms with van der Waals surface area (Å²) in [6.07, 6.45) is -0.799. The van der Waals surface area contributed by atoms with Crippen LogP contribution in [0, 0.1) is 10.8 Å². The molecule has 5 nitrogen and oxygen atoms in total. The monoisotopic (exact) mass is 564 g/mol. The first-order valence-electron chi connectivity index (χ1n) is 13.3. The first kappa shape index (κ1) is 32.7. The highest BCUT2D eigenvalue weighted by atomic mass is 35.5. The molecule has 0 bridgehead atoms. The van der Waals surface area contributed by atoms with E-state index in [9.17, 15) is 10.2 Å². The quantitative estimate of drug-likeness (QED) is 0.243. The second-order valence-corrected chi connectivity index (χ2v) is 13.0. The van der Waals surface area contributed by atoms with Crippen LogP contribution in [0.3, 0.4) is 0 Å². The molecule has 38 heavy (non-hydrogen) atoms. The number of aliphatic hydroxyl groups excluding tert-OH is 2. The Morgan fingerprint density at radius 3 is 1.26 bits per heavy atom. The van der Waals surface area contributed by atoms with Crippen molar-refractivity contribution in [2.24, 2.45) is 10.8 Å². The van der Waals surface area contributed by atoms with Crippen LogP contribution in [0.15, 0.2) is 60.7 Å². The molecule has 0 unspecified atom stereocenters. The molecule has 2 rings (SSSR count). The molecule has 0 aliphatic rings. The lowest BCUT2D eigenvalue weighted by molar-refractivity contribution is -0.142. The van der Waals surface area contributed by atoms with Gasteiger partial charge in [0, 0.05) is 24.8 Å². The van der Waals surface area contributed by atoms with Crippen molar-refractivity contribution in [1.29, 1.82) is 0 Å². The van der Waals surface area contributed by atoms with Gasteiger partial charge in [-0.25, -0.2) is 0 Å².